The Balaban J connectivity index is 4.47. The van der Waals surface area contributed by atoms with Crippen molar-refractivity contribution in [1.29, 1.82) is 0 Å². The van der Waals surface area contributed by atoms with E-state index in [9.17, 15) is 0 Å². The molecule has 0 fully saturated rings. The summed E-state index contributed by atoms with van der Waals surface area (Å²) in [6.45, 7) is 5.22. The first-order valence-corrected chi connectivity index (χ1v) is 20.6. The van der Waals surface area contributed by atoms with Gasteiger partial charge in [-0.1, -0.05) is 141 Å². The molecule has 0 aromatic carbocycles. The third-order valence-electron chi connectivity index (χ3n) is 8.69. The van der Waals surface area contributed by atoms with Crippen molar-refractivity contribution in [2.45, 2.75) is 206 Å². The maximum absolute atomic E-state index is 6.25. The van der Waals surface area contributed by atoms with E-state index in [0.29, 0.717) is 13.6 Å². The minimum absolute atomic E-state index is 0.267. The van der Waals surface area contributed by atoms with E-state index in [1.54, 1.807) is 0 Å². The molecule has 0 saturated carbocycles. The average Bonchev–Trinajstić information content (AvgIpc) is 3.05. The average molecular weight is 676 g/mol. The molecular formula is C40H76Cl2O3. The number of allylic oxidation sites excluding steroid dienone is 4. The summed E-state index contributed by atoms with van der Waals surface area (Å²) >= 11 is 11.6. The number of alkyl halides is 2. The van der Waals surface area contributed by atoms with Crippen molar-refractivity contribution in [3.63, 3.8) is 0 Å². The summed E-state index contributed by atoms with van der Waals surface area (Å²) in [5.41, 5.74) is 0. The Labute approximate surface area is 292 Å². The fraction of sp³-hybridized carbons (Fsp3) is 0.900. The number of unbranched alkanes of at least 4 members (excludes halogenated alkanes) is 18. The molecule has 0 rings (SSSR count). The predicted octanol–water partition coefficient (Wildman–Crippen LogP) is 14.2. The van der Waals surface area contributed by atoms with Crippen molar-refractivity contribution >= 4 is 23.2 Å². The number of hydrogen-bond donors (Lipinski definition) is 0. The molecule has 0 aliphatic heterocycles. The topological polar surface area (TPSA) is 27.7 Å². The molecule has 0 aliphatic rings. The van der Waals surface area contributed by atoms with E-state index in [0.717, 1.165) is 63.1 Å². The van der Waals surface area contributed by atoms with Gasteiger partial charge < -0.3 is 14.2 Å². The molecule has 0 N–H and O–H groups in total. The summed E-state index contributed by atoms with van der Waals surface area (Å²) < 4.78 is 18.4. The van der Waals surface area contributed by atoms with Crippen LogP contribution < -0.4 is 0 Å². The summed E-state index contributed by atoms with van der Waals surface area (Å²) in [7, 11) is 0. The molecule has 2 unspecified atom stereocenters. The molecule has 3 nitrogen and oxygen atoms in total. The van der Waals surface area contributed by atoms with Gasteiger partial charge in [0.1, 0.15) is 13.6 Å². The van der Waals surface area contributed by atoms with Crippen LogP contribution in [0.4, 0.5) is 0 Å². The number of ether oxygens (including phenoxy) is 3. The van der Waals surface area contributed by atoms with Gasteiger partial charge in [0.25, 0.3) is 0 Å². The molecule has 0 bridgehead atoms. The van der Waals surface area contributed by atoms with Crippen LogP contribution in [0.3, 0.4) is 0 Å². The first-order chi connectivity index (χ1) is 22.3. The standard InChI is InChI=1S/C40H76Cl2O3/c1-3-5-7-9-19-25-31-39(33-27-21-15-11-13-17-23-29-35-41)44-37-43-38-45-40(32-26-20-10-8-6-4-2)34-28-22-16-12-14-18-24-30-36-42/h15-16,21-22,39-40H,3-14,17-20,23-38H2,1-2H3. The van der Waals surface area contributed by atoms with Crippen molar-refractivity contribution in [2.24, 2.45) is 0 Å². The van der Waals surface area contributed by atoms with E-state index in [2.05, 4.69) is 38.2 Å². The zero-order valence-electron chi connectivity index (χ0n) is 30.1. The summed E-state index contributed by atoms with van der Waals surface area (Å²) in [6, 6.07) is 0. The Morgan fingerprint density at radius 3 is 1.18 bits per heavy atom. The zero-order valence-corrected chi connectivity index (χ0v) is 31.6. The highest BCUT2D eigenvalue weighted by Crippen LogP contribution is 2.17. The zero-order chi connectivity index (χ0) is 32.7. The fourth-order valence-electron chi connectivity index (χ4n) is 5.71. The van der Waals surface area contributed by atoms with E-state index in [-0.39, 0.29) is 12.2 Å². The van der Waals surface area contributed by atoms with E-state index < -0.39 is 0 Å². The van der Waals surface area contributed by atoms with Gasteiger partial charge in [0, 0.05) is 11.8 Å². The minimum Gasteiger partial charge on any atom is -0.352 e. The van der Waals surface area contributed by atoms with Crippen LogP contribution in [-0.2, 0) is 14.2 Å². The summed E-state index contributed by atoms with van der Waals surface area (Å²) in [5.74, 6) is 1.58. The van der Waals surface area contributed by atoms with Crippen molar-refractivity contribution in [3.05, 3.63) is 24.3 Å². The molecule has 0 spiro atoms. The van der Waals surface area contributed by atoms with E-state index in [4.69, 9.17) is 37.4 Å². The predicted molar refractivity (Wildman–Crippen MR) is 201 cm³/mol. The van der Waals surface area contributed by atoms with Crippen molar-refractivity contribution in [2.75, 3.05) is 25.3 Å². The van der Waals surface area contributed by atoms with Gasteiger partial charge in [0.2, 0.25) is 0 Å². The number of rotatable bonds is 38. The Kier molecular flexibility index (Phi) is 40.1. The Bertz CT molecular complexity index is 548. The van der Waals surface area contributed by atoms with Crippen molar-refractivity contribution in [3.8, 4) is 0 Å². The second kappa shape index (κ2) is 40.1. The van der Waals surface area contributed by atoms with Crippen LogP contribution >= 0.6 is 23.2 Å². The molecular weight excluding hydrogens is 599 g/mol. The quantitative estimate of drug-likeness (QED) is 0.0282. The molecule has 268 valence electrons. The summed E-state index contributed by atoms with van der Waals surface area (Å²) in [4.78, 5) is 0. The molecule has 0 heterocycles. The molecule has 0 aliphatic carbocycles. The lowest BCUT2D eigenvalue weighted by Crippen LogP contribution is -2.19. The largest absolute Gasteiger partial charge is 0.352 e. The van der Waals surface area contributed by atoms with Crippen molar-refractivity contribution < 1.29 is 14.2 Å². The fourth-order valence-corrected chi connectivity index (χ4v) is 6.08. The van der Waals surface area contributed by atoms with E-state index in [1.807, 2.05) is 0 Å². The van der Waals surface area contributed by atoms with Gasteiger partial charge in [-0.25, -0.2) is 0 Å². The molecule has 2 atom stereocenters. The van der Waals surface area contributed by atoms with Crippen LogP contribution in [0.15, 0.2) is 24.3 Å². The summed E-state index contributed by atoms with van der Waals surface area (Å²) in [5, 5.41) is 0. The monoisotopic (exact) mass is 675 g/mol. The van der Waals surface area contributed by atoms with Gasteiger partial charge in [-0.15, -0.1) is 23.2 Å². The second-order valence-corrected chi connectivity index (χ2v) is 13.8. The summed E-state index contributed by atoms with van der Waals surface area (Å²) in [6.07, 6.45) is 44.6. The third kappa shape index (κ3) is 36.6. The van der Waals surface area contributed by atoms with Gasteiger partial charge in [-0.3, -0.25) is 0 Å². The molecule has 5 heteroatoms. The highest BCUT2D eigenvalue weighted by atomic mass is 35.5. The van der Waals surface area contributed by atoms with Crippen LogP contribution in [0.1, 0.15) is 194 Å². The van der Waals surface area contributed by atoms with E-state index >= 15 is 0 Å². The molecule has 0 radical (unpaired) electrons. The van der Waals surface area contributed by atoms with Gasteiger partial charge in [0.15, 0.2) is 0 Å². The normalized spacial score (nSPS) is 13.4. The first-order valence-electron chi connectivity index (χ1n) is 19.5. The molecule has 0 amide bonds. The maximum atomic E-state index is 6.25. The van der Waals surface area contributed by atoms with Crippen LogP contribution in [0.25, 0.3) is 0 Å². The minimum atomic E-state index is 0.267. The molecule has 45 heavy (non-hydrogen) atoms. The molecule has 0 aromatic rings. The van der Waals surface area contributed by atoms with Crippen molar-refractivity contribution in [1.82, 2.24) is 0 Å². The third-order valence-corrected chi connectivity index (χ3v) is 9.22. The van der Waals surface area contributed by atoms with Gasteiger partial charge in [-0.2, -0.15) is 0 Å². The Morgan fingerprint density at radius 1 is 0.400 bits per heavy atom. The smallest absolute Gasteiger partial charge is 0.149 e. The van der Waals surface area contributed by atoms with Gasteiger partial charge in [-0.05, 0) is 77.0 Å². The SMILES string of the molecule is CCCCCCCCC(CCC=CCCCCCCCl)OCOCOC(CCC=CCCCCCCCl)CCCCCCCC. The lowest BCUT2D eigenvalue weighted by atomic mass is 10.0. The van der Waals surface area contributed by atoms with Gasteiger partial charge in [0.05, 0.1) is 12.2 Å². The first kappa shape index (κ1) is 44.9. The molecule has 0 saturated heterocycles. The van der Waals surface area contributed by atoms with Crippen LogP contribution in [-0.4, -0.2) is 37.6 Å². The van der Waals surface area contributed by atoms with Crippen LogP contribution in [0.5, 0.6) is 0 Å². The van der Waals surface area contributed by atoms with Crippen LogP contribution in [0, 0.1) is 0 Å². The Hall–Kier alpha value is -0.0600. The second-order valence-electron chi connectivity index (χ2n) is 13.0. The number of hydrogen-bond acceptors (Lipinski definition) is 3. The highest BCUT2D eigenvalue weighted by molar-refractivity contribution is 6.18. The lowest BCUT2D eigenvalue weighted by Gasteiger charge is -2.20. The molecule has 0 aromatic heterocycles. The maximum Gasteiger partial charge on any atom is 0.149 e. The van der Waals surface area contributed by atoms with E-state index in [1.165, 1.54) is 128 Å². The number of halogens is 2. The van der Waals surface area contributed by atoms with Crippen LogP contribution in [0.2, 0.25) is 0 Å². The lowest BCUT2D eigenvalue weighted by molar-refractivity contribution is -0.167. The Morgan fingerprint density at radius 2 is 0.756 bits per heavy atom. The highest BCUT2D eigenvalue weighted by Gasteiger charge is 2.11. The van der Waals surface area contributed by atoms with Gasteiger partial charge >= 0.3 is 0 Å².